The summed E-state index contributed by atoms with van der Waals surface area (Å²) in [5, 5.41) is 12.9. The second-order valence-electron chi connectivity index (χ2n) is 13.3. The molecule has 45 heavy (non-hydrogen) atoms. The van der Waals surface area contributed by atoms with E-state index in [1.807, 2.05) is 20.2 Å². The van der Waals surface area contributed by atoms with Gasteiger partial charge in [-0.2, -0.15) is 0 Å². The van der Waals surface area contributed by atoms with Crippen molar-refractivity contribution in [2.75, 3.05) is 20.6 Å². The smallest absolute Gasteiger partial charge is 0.305 e. The maximum atomic E-state index is 16.4. The Morgan fingerprint density at radius 1 is 1.00 bits per heavy atom. The number of carboxylic acid groups (broad SMARTS) is 1. The molecule has 1 aromatic heterocycles. The first-order chi connectivity index (χ1) is 21.5. The van der Waals surface area contributed by atoms with Gasteiger partial charge in [0.25, 0.3) is 5.56 Å². The van der Waals surface area contributed by atoms with Crippen molar-refractivity contribution < 1.29 is 19.1 Å². The van der Waals surface area contributed by atoms with Crippen LogP contribution < -0.4 is 10.9 Å². The molecule has 2 aromatic carbocycles. The van der Waals surface area contributed by atoms with Gasteiger partial charge in [0.1, 0.15) is 11.9 Å². The van der Waals surface area contributed by atoms with E-state index in [2.05, 4.69) is 36.2 Å². The van der Waals surface area contributed by atoms with Gasteiger partial charge in [-0.25, -0.2) is 4.39 Å². The third kappa shape index (κ3) is 7.90. The molecule has 0 saturated heterocycles. The third-order valence-electron chi connectivity index (χ3n) is 9.23. The molecule has 0 unspecified atom stereocenters. The summed E-state index contributed by atoms with van der Waals surface area (Å²) in [6.07, 6.45) is 8.61. The Bertz CT molecular complexity index is 1620. The largest absolute Gasteiger partial charge is 0.481 e. The molecule has 2 aliphatic rings. The molecule has 0 radical (unpaired) electrons. The van der Waals surface area contributed by atoms with Crippen molar-refractivity contribution >= 4 is 11.9 Å². The van der Waals surface area contributed by atoms with Crippen LogP contribution in [0.3, 0.4) is 0 Å². The molecule has 1 aliphatic heterocycles. The fraction of sp³-hybridized carbons (Fsp3) is 0.486. The summed E-state index contributed by atoms with van der Waals surface area (Å²) in [7, 11) is 3.96. The number of benzene rings is 2. The van der Waals surface area contributed by atoms with Gasteiger partial charge in [0.2, 0.25) is 5.91 Å². The number of nitrogens with zero attached hydrogens (tertiary/aromatic N) is 2. The van der Waals surface area contributed by atoms with E-state index < -0.39 is 36.2 Å². The standard InChI is InChI=1S/C37H46FN3O4/c1-23-17-24(2)35-27(18-23)9-7-5-6-8-10-32(41-22-25(11-14-33(41)42)15-16-40(3)4)37(45)39-31(21-34(43)44)30-20-28(35)19-29(36(30)38)26-12-13-26/h11,14,17-20,22,26,31-32H,5-10,12-13,15-16,21H2,1-4H3,(H,39,45)(H,43,44)/t31-,32-/m0/s1. The van der Waals surface area contributed by atoms with Gasteiger partial charge < -0.3 is 19.9 Å². The lowest BCUT2D eigenvalue weighted by molar-refractivity contribution is -0.138. The first-order valence-electron chi connectivity index (χ1n) is 16.3. The zero-order valence-electron chi connectivity index (χ0n) is 27.0. The number of aryl methyl sites for hydroxylation is 3. The molecule has 1 aliphatic carbocycles. The third-order valence-corrected chi connectivity index (χ3v) is 9.23. The number of amides is 1. The number of aliphatic carboxylic acids is 1. The van der Waals surface area contributed by atoms with E-state index in [0.29, 0.717) is 18.4 Å². The van der Waals surface area contributed by atoms with Crippen LogP contribution in [0, 0.1) is 19.7 Å². The highest BCUT2D eigenvalue weighted by Gasteiger charge is 2.33. The minimum atomic E-state index is -1.14. The van der Waals surface area contributed by atoms with Crippen LogP contribution in [0.4, 0.5) is 4.39 Å². The second-order valence-corrected chi connectivity index (χ2v) is 13.3. The maximum Gasteiger partial charge on any atom is 0.305 e. The zero-order chi connectivity index (χ0) is 32.2. The molecule has 2 atom stereocenters. The van der Waals surface area contributed by atoms with Crippen LogP contribution >= 0.6 is 0 Å². The van der Waals surface area contributed by atoms with Crippen molar-refractivity contribution in [2.24, 2.45) is 0 Å². The van der Waals surface area contributed by atoms with E-state index in [0.717, 1.165) is 73.7 Å². The van der Waals surface area contributed by atoms with Crippen LogP contribution in [0.25, 0.3) is 11.1 Å². The predicted octanol–water partition coefficient (Wildman–Crippen LogP) is 6.63. The Balaban J connectivity index is 1.62. The molecule has 8 heteroatoms. The predicted molar refractivity (Wildman–Crippen MR) is 175 cm³/mol. The van der Waals surface area contributed by atoms with Gasteiger partial charge in [0.15, 0.2) is 0 Å². The summed E-state index contributed by atoms with van der Waals surface area (Å²) in [4.78, 5) is 41.5. The highest BCUT2D eigenvalue weighted by molar-refractivity contribution is 5.82. The number of aromatic nitrogens is 1. The lowest BCUT2D eigenvalue weighted by Crippen LogP contribution is -2.40. The molecule has 2 heterocycles. The lowest BCUT2D eigenvalue weighted by atomic mass is 9.86. The number of hydrogen-bond donors (Lipinski definition) is 2. The first-order valence-corrected chi connectivity index (χ1v) is 16.3. The molecule has 2 bridgehead atoms. The molecule has 240 valence electrons. The Morgan fingerprint density at radius 2 is 1.73 bits per heavy atom. The molecule has 1 fully saturated rings. The Morgan fingerprint density at radius 3 is 2.44 bits per heavy atom. The van der Waals surface area contributed by atoms with Crippen LogP contribution in [0.15, 0.2) is 47.4 Å². The number of likely N-dealkylation sites (N-methyl/N-ethyl adjacent to an activating group) is 1. The molecule has 1 amide bonds. The van der Waals surface area contributed by atoms with Crippen molar-refractivity contribution in [3.05, 3.63) is 92.1 Å². The highest BCUT2D eigenvalue weighted by atomic mass is 19.1. The number of carboxylic acids is 1. The normalized spacial score (nSPS) is 19.4. The Hall–Kier alpha value is -3.78. The second kappa shape index (κ2) is 14.1. The minimum absolute atomic E-state index is 0.0809. The molecular weight excluding hydrogens is 569 g/mol. The fourth-order valence-electron chi connectivity index (χ4n) is 6.80. The molecular formula is C37H46FN3O4. The van der Waals surface area contributed by atoms with Crippen molar-refractivity contribution in [1.82, 2.24) is 14.8 Å². The van der Waals surface area contributed by atoms with Crippen molar-refractivity contribution in [3.63, 3.8) is 0 Å². The van der Waals surface area contributed by atoms with E-state index in [4.69, 9.17) is 0 Å². The van der Waals surface area contributed by atoms with Gasteiger partial charge in [-0.15, -0.1) is 0 Å². The molecule has 5 rings (SSSR count). The number of hydrogen-bond acceptors (Lipinski definition) is 4. The lowest BCUT2D eigenvalue weighted by Gasteiger charge is -2.26. The van der Waals surface area contributed by atoms with Crippen LogP contribution in [0.5, 0.6) is 0 Å². The number of carbonyl (C=O) groups is 2. The summed E-state index contributed by atoms with van der Waals surface area (Å²) in [5.41, 5.74) is 6.83. The highest BCUT2D eigenvalue weighted by Crippen LogP contribution is 2.45. The number of fused-ring (bicyclic) bond motifs is 4. The number of rotatable bonds is 7. The molecule has 3 aromatic rings. The van der Waals surface area contributed by atoms with Crippen molar-refractivity contribution in [1.29, 1.82) is 0 Å². The molecule has 7 nitrogen and oxygen atoms in total. The van der Waals surface area contributed by atoms with Crippen LogP contribution in [-0.2, 0) is 22.4 Å². The first kappa shape index (κ1) is 32.6. The maximum absolute atomic E-state index is 16.4. The quantitative estimate of drug-likeness (QED) is 0.311. The average molecular weight is 616 g/mol. The Labute approximate surface area is 265 Å². The topological polar surface area (TPSA) is 91.6 Å². The van der Waals surface area contributed by atoms with Crippen LogP contribution in [-0.4, -0.2) is 47.1 Å². The summed E-state index contributed by atoms with van der Waals surface area (Å²) in [6, 6.07) is 9.39. The van der Waals surface area contributed by atoms with Crippen LogP contribution in [0.1, 0.15) is 103 Å². The van der Waals surface area contributed by atoms with Crippen molar-refractivity contribution in [3.8, 4) is 11.1 Å². The van der Waals surface area contributed by atoms with E-state index in [9.17, 15) is 19.5 Å². The summed E-state index contributed by atoms with van der Waals surface area (Å²) in [6.45, 7) is 4.95. The molecule has 1 saturated carbocycles. The van der Waals surface area contributed by atoms with E-state index in [1.165, 1.54) is 21.8 Å². The van der Waals surface area contributed by atoms with Gasteiger partial charge in [-0.05, 0) is 118 Å². The summed E-state index contributed by atoms with van der Waals surface area (Å²) in [5.74, 6) is -1.96. The monoisotopic (exact) mass is 615 g/mol. The zero-order valence-corrected chi connectivity index (χ0v) is 27.0. The van der Waals surface area contributed by atoms with E-state index in [1.54, 1.807) is 18.3 Å². The van der Waals surface area contributed by atoms with Crippen molar-refractivity contribution in [2.45, 2.75) is 96.1 Å². The average Bonchev–Trinajstić information content (AvgIpc) is 3.81. The summed E-state index contributed by atoms with van der Waals surface area (Å²) < 4.78 is 17.9. The van der Waals surface area contributed by atoms with E-state index in [-0.39, 0.29) is 17.0 Å². The SMILES string of the molecule is Cc1cc(C)c2c(c1)CCCCCC[C@H](n1cc(CCN(C)C)ccc1=O)C(=O)N[C@@H](CC(=O)O)c1cc-2cc(C2CC2)c1F. The van der Waals surface area contributed by atoms with E-state index >= 15 is 4.39 Å². The Kier molecular flexibility index (Phi) is 10.2. The van der Waals surface area contributed by atoms with Gasteiger partial charge in [-0.3, -0.25) is 14.4 Å². The summed E-state index contributed by atoms with van der Waals surface area (Å²) >= 11 is 0. The fourth-order valence-corrected chi connectivity index (χ4v) is 6.80. The van der Waals surface area contributed by atoms with Gasteiger partial charge in [0, 0.05) is 24.4 Å². The van der Waals surface area contributed by atoms with Gasteiger partial charge >= 0.3 is 5.97 Å². The number of carbonyl (C=O) groups excluding carboxylic acids is 1. The van der Waals surface area contributed by atoms with Gasteiger partial charge in [0.05, 0.1) is 12.5 Å². The number of pyridine rings is 1. The molecule has 0 spiro atoms. The van der Waals surface area contributed by atoms with Crippen LogP contribution in [0.2, 0.25) is 0 Å². The minimum Gasteiger partial charge on any atom is -0.481 e. The molecule has 2 N–H and O–H groups in total. The number of nitrogens with one attached hydrogen (secondary N) is 1. The van der Waals surface area contributed by atoms with Gasteiger partial charge in [-0.1, -0.05) is 43.0 Å². The number of halogens is 1.